The molecule has 3 aliphatic rings. The van der Waals surface area contributed by atoms with Crippen molar-refractivity contribution in [1.82, 2.24) is 9.80 Å². The van der Waals surface area contributed by atoms with E-state index in [1.807, 2.05) is 62.4 Å². The van der Waals surface area contributed by atoms with Crippen LogP contribution < -0.4 is 4.90 Å². The first kappa shape index (κ1) is 31.1. The van der Waals surface area contributed by atoms with Gasteiger partial charge in [-0.15, -0.1) is 24.9 Å². The zero-order valence-electron chi connectivity index (χ0n) is 25.4. The summed E-state index contributed by atoms with van der Waals surface area (Å²) in [6.07, 6.45) is 4.58. The number of carbonyl (C=O) groups is 3. The molecule has 5 rings (SSSR count). The van der Waals surface area contributed by atoms with Crippen molar-refractivity contribution in [3.8, 4) is 0 Å². The van der Waals surface area contributed by atoms with Gasteiger partial charge in [-0.2, -0.15) is 0 Å². The quantitative estimate of drug-likeness (QED) is 0.355. The highest BCUT2D eigenvalue weighted by atomic mass is 32.2. The fourth-order valence-corrected chi connectivity index (χ4v) is 10.2. The number of para-hydroxylation sites is 1. The second-order valence-corrected chi connectivity index (χ2v) is 13.7. The first-order chi connectivity index (χ1) is 20.7. The van der Waals surface area contributed by atoms with Crippen LogP contribution >= 0.6 is 11.8 Å². The first-order valence-corrected chi connectivity index (χ1v) is 16.1. The summed E-state index contributed by atoms with van der Waals surface area (Å²) in [5, 5.41) is 9.70. The van der Waals surface area contributed by atoms with Crippen LogP contribution in [0.2, 0.25) is 0 Å². The number of fused-ring (bicyclic) bond motifs is 1. The zero-order valence-corrected chi connectivity index (χ0v) is 26.3. The zero-order chi connectivity index (χ0) is 30.9. The lowest BCUT2D eigenvalue weighted by atomic mass is 9.65. The lowest BCUT2D eigenvalue weighted by Crippen LogP contribution is -2.58. The van der Waals surface area contributed by atoms with Crippen LogP contribution in [0, 0.1) is 31.6 Å². The van der Waals surface area contributed by atoms with Crippen molar-refractivity contribution in [2.75, 3.05) is 31.1 Å². The van der Waals surface area contributed by atoms with Crippen molar-refractivity contribution < 1.29 is 19.5 Å². The van der Waals surface area contributed by atoms with E-state index >= 15 is 0 Å². The second-order valence-electron chi connectivity index (χ2n) is 12.1. The Morgan fingerprint density at radius 1 is 1.05 bits per heavy atom. The fraction of sp³-hybridized carbons (Fsp3) is 0.457. The SMILES string of the molecule is C=CCN(Cc1ccccc1)C(=O)[C@@H]1[C@@H]2CC(C)C3(S2)C(C(=O)N(CC=C)c2c(C)cccc2C)N(CCCO)C(=O)[C@H]13. The number of anilines is 1. The normalized spacial score (nSPS) is 27.2. The molecule has 3 fully saturated rings. The minimum atomic E-state index is -0.750. The van der Waals surface area contributed by atoms with Gasteiger partial charge in [-0.25, -0.2) is 0 Å². The molecule has 3 unspecified atom stereocenters. The standard InChI is InChI=1S/C35H43N3O4S/c1-6-17-36(22-26-15-9-8-10-16-26)32(40)28-27-21-25(5)35(43-27)29(28)33(41)38(19-12-20-39)31(35)34(42)37(18-7-2)30-23(3)13-11-14-24(30)4/h6-11,13-16,25,27-29,31,39H,1-2,12,17-22H2,3-5H3/t25?,27-,28+,29-,31?,35?/m0/s1. The van der Waals surface area contributed by atoms with Gasteiger partial charge in [0.25, 0.3) is 5.91 Å². The topological polar surface area (TPSA) is 81.2 Å². The average molecular weight is 602 g/mol. The molecule has 8 heteroatoms. The molecule has 2 aromatic rings. The largest absolute Gasteiger partial charge is 0.396 e. The number of aliphatic hydroxyl groups is 1. The van der Waals surface area contributed by atoms with Crippen LogP contribution in [0.15, 0.2) is 73.8 Å². The van der Waals surface area contributed by atoms with Crippen LogP contribution in [0.1, 0.15) is 36.5 Å². The minimum Gasteiger partial charge on any atom is -0.396 e. The molecule has 2 bridgehead atoms. The van der Waals surface area contributed by atoms with Crippen LogP contribution in [0.25, 0.3) is 0 Å². The summed E-state index contributed by atoms with van der Waals surface area (Å²) in [4.78, 5) is 49.0. The maximum Gasteiger partial charge on any atom is 0.251 e. The van der Waals surface area contributed by atoms with Crippen molar-refractivity contribution in [2.24, 2.45) is 17.8 Å². The van der Waals surface area contributed by atoms with E-state index in [2.05, 4.69) is 20.1 Å². The van der Waals surface area contributed by atoms with E-state index in [1.54, 1.807) is 38.6 Å². The van der Waals surface area contributed by atoms with Crippen molar-refractivity contribution in [2.45, 2.75) is 56.2 Å². The Morgan fingerprint density at radius 3 is 2.35 bits per heavy atom. The summed E-state index contributed by atoms with van der Waals surface area (Å²) in [5.74, 6) is -1.44. The summed E-state index contributed by atoms with van der Waals surface area (Å²) >= 11 is 1.68. The smallest absolute Gasteiger partial charge is 0.251 e. The number of likely N-dealkylation sites (tertiary alicyclic amines) is 1. The van der Waals surface area contributed by atoms with Crippen LogP contribution in [0.3, 0.4) is 0 Å². The molecule has 1 spiro atoms. The Hall–Kier alpha value is -3.36. The predicted molar refractivity (Wildman–Crippen MR) is 173 cm³/mol. The molecule has 0 aliphatic carbocycles. The Bertz CT molecular complexity index is 1380. The molecule has 3 heterocycles. The van der Waals surface area contributed by atoms with Crippen molar-refractivity contribution in [1.29, 1.82) is 0 Å². The molecule has 7 nitrogen and oxygen atoms in total. The van der Waals surface area contributed by atoms with Crippen LogP contribution in [0.4, 0.5) is 5.69 Å². The van der Waals surface area contributed by atoms with Gasteiger partial charge in [0.05, 0.1) is 16.6 Å². The molecule has 43 heavy (non-hydrogen) atoms. The van der Waals surface area contributed by atoms with E-state index in [9.17, 15) is 19.5 Å². The number of aryl methyl sites for hydroxylation is 2. The molecular weight excluding hydrogens is 558 g/mol. The maximum atomic E-state index is 14.9. The van der Waals surface area contributed by atoms with E-state index in [0.717, 1.165) is 28.8 Å². The number of hydrogen-bond acceptors (Lipinski definition) is 5. The van der Waals surface area contributed by atoms with Gasteiger partial charge in [0.15, 0.2) is 0 Å². The first-order valence-electron chi connectivity index (χ1n) is 15.2. The van der Waals surface area contributed by atoms with Crippen LogP contribution in [-0.2, 0) is 20.9 Å². The van der Waals surface area contributed by atoms with Gasteiger partial charge in [0.1, 0.15) is 6.04 Å². The highest BCUT2D eigenvalue weighted by molar-refractivity contribution is 8.02. The molecule has 228 valence electrons. The van der Waals surface area contributed by atoms with Crippen LogP contribution in [-0.4, -0.2) is 74.9 Å². The summed E-state index contributed by atoms with van der Waals surface area (Å²) in [5.41, 5.74) is 3.79. The summed E-state index contributed by atoms with van der Waals surface area (Å²) in [6, 6.07) is 15.1. The van der Waals surface area contributed by atoms with Crippen molar-refractivity contribution >= 4 is 35.2 Å². The number of thioether (sulfide) groups is 1. The maximum absolute atomic E-state index is 14.9. The molecular formula is C35H43N3O4S. The van der Waals surface area contributed by atoms with E-state index in [-0.39, 0.29) is 42.0 Å². The fourth-order valence-electron chi connectivity index (χ4n) is 7.76. The van der Waals surface area contributed by atoms with Crippen molar-refractivity contribution in [3.63, 3.8) is 0 Å². The number of hydrogen-bond donors (Lipinski definition) is 1. The van der Waals surface area contributed by atoms with Gasteiger partial charge in [0, 0.05) is 43.7 Å². The third-order valence-corrected chi connectivity index (χ3v) is 11.6. The minimum absolute atomic E-state index is 0.0529. The molecule has 6 atom stereocenters. The molecule has 3 aliphatic heterocycles. The third-order valence-electron chi connectivity index (χ3n) is 9.49. The van der Waals surface area contributed by atoms with E-state index < -0.39 is 22.6 Å². The monoisotopic (exact) mass is 601 g/mol. The summed E-state index contributed by atoms with van der Waals surface area (Å²) < 4.78 is -0.739. The molecule has 0 saturated carbocycles. The highest BCUT2D eigenvalue weighted by Gasteiger charge is 2.76. The van der Waals surface area contributed by atoms with Gasteiger partial charge in [0.2, 0.25) is 11.8 Å². The van der Waals surface area contributed by atoms with E-state index in [4.69, 9.17) is 0 Å². The highest BCUT2D eigenvalue weighted by Crippen LogP contribution is 2.69. The number of carbonyl (C=O) groups excluding carboxylic acids is 3. The molecule has 0 radical (unpaired) electrons. The third kappa shape index (κ3) is 5.22. The van der Waals surface area contributed by atoms with Gasteiger partial charge in [-0.3, -0.25) is 14.4 Å². The van der Waals surface area contributed by atoms with Crippen molar-refractivity contribution in [3.05, 3.63) is 90.5 Å². The lowest BCUT2D eigenvalue weighted by Gasteiger charge is -2.41. The molecule has 0 aromatic heterocycles. The number of amides is 3. The number of rotatable bonds is 12. The second kappa shape index (κ2) is 12.7. The predicted octanol–water partition coefficient (Wildman–Crippen LogP) is 4.76. The molecule has 3 amide bonds. The van der Waals surface area contributed by atoms with Gasteiger partial charge < -0.3 is 19.8 Å². The van der Waals surface area contributed by atoms with Gasteiger partial charge in [-0.1, -0.05) is 67.6 Å². The number of aliphatic hydroxyl groups excluding tert-OH is 1. The Kier molecular flexibility index (Phi) is 9.18. The molecule has 3 saturated heterocycles. The number of benzene rings is 2. The van der Waals surface area contributed by atoms with E-state index in [1.165, 1.54) is 0 Å². The number of nitrogens with zero attached hydrogens (tertiary/aromatic N) is 3. The Morgan fingerprint density at radius 2 is 1.72 bits per heavy atom. The molecule has 2 aromatic carbocycles. The van der Waals surface area contributed by atoms with Gasteiger partial charge >= 0.3 is 0 Å². The Labute approximate surface area is 259 Å². The van der Waals surface area contributed by atoms with Crippen LogP contribution in [0.5, 0.6) is 0 Å². The summed E-state index contributed by atoms with van der Waals surface area (Å²) in [6.45, 7) is 15.2. The van der Waals surface area contributed by atoms with Gasteiger partial charge in [-0.05, 0) is 49.3 Å². The lowest BCUT2D eigenvalue weighted by molar-refractivity contribution is -0.144. The van der Waals surface area contributed by atoms with E-state index in [0.29, 0.717) is 26.1 Å². The summed E-state index contributed by atoms with van der Waals surface area (Å²) in [7, 11) is 0. The molecule has 1 N–H and O–H groups in total. The average Bonchev–Trinajstić information content (AvgIpc) is 3.58. The Balaban J connectivity index is 1.57.